The molecule has 0 aliphatic carbocycles. The first-order valence-electron chi connectivity index (χ1n) is 3.93. The predicted octanol–water partition coefficient (Wildman–Crippen LogP) is 2.83. The van der Waals surface area contributed by atoms with Crippen LogP contribution in [0.5, 0.6) is 0 Å². The molecule has 2 heteroatoms. The van der Waals surface area contributed by atoms with Crippen molar-refractivity contribution in [1.82, 2.24) is 0 Å². The van der Waals surface area contributed by atoms with Crippen LogP contribution >= 0.6 is 0 Å². The van der Waals surface area contributed by atoms with Gasteiger partial charge < -0.3 is 4.84 Å². The van der Waals surface area contributed by atoms with Crippen molar-refractivity contribution in [3.05, 3.63) is 0 Å². The van der Waals surface area contributed by atoms with Gasteiger partial charge in [0.05, 0.1) is 0 Å². The quantitative estimate of drug-likeness (QED) is 0.423. The second kappa shape index (κ2) is 3.24. The minimum absolute atomic E-state index is 0.102. The highest BCUT2D eigenvalue weighted by atomic mass is 16.6. The van der Waals surface area contributed by atoms with Gasteiger partial charge in [0, 0.05) is 11.6 Å². The summed E-state index contributed by atoms with van der Waals surface area (Å²) in [5.74, 6) is 0. The highest BCUT2D eigenvalue weighted by molar-refractivity contribution is 5.63. The van der Waals surface area contributed by atoms with Gasteiger partial charge in [0.15, 0.2) is 0 Å². The van der Waals surface area contributed by atoms with Gasteiger partial charge in [-0.3, -0.25) is 0 Å². The molecule has 0 atom stereocenters. The van der Waals surface area contributed by atoms with Crippen LogP contribution in [0.25, 0.3) is 0 Å². The van der Waals surface area contributed by atoms with Crippen LogP contribution in [0.1, 0.15) is 41.5 Å². The van der Waals surface area contributed by atoms with Gasteiger partial charge in [-0.1, -0.05) is 25.9 Å². The van der Waals surface area contributed by atoms with Gasteiger partial charge in [0.25, 0.3) is 0 Å². The van der Waals surface area contributed by atoms with Gasteiger partial charge in [-0.2, -0.15) is 0 Å². The van der Waals surface area contributed by atoms with Crippen LogP contribution < -0.4 is 0 Å². The smallest absolute Gasteiger partial charge is 0.129 e. The summed E-state index contributed by atoms with van der Waals surface area (Å²) in [7, 11) is 0. The van der Waals surface area contributed by atoms with E-state index in [0.717, 1.165) is 0 Å². The lowest BCUT2D eigenvalue weighted by Crippen LogP contribution is -2.17. The SMILES string of the molecule is CC(C)(C)/C=N\OC(C)(C)C. The Morgan fingerprint density at radius 2 is 1.45 bits per heavy atom. The molecule has 0 spiro atoms. The first-order valence-corrected chi connectivity index (χ1v) is 3.93. The zero-order chi connectivity index (χ0) is 9.12. The molecule has 0 unspecified atom stereocenters. The van der Waals surface area contributed by atoms with Gasteiger partial charge in [0.2, 0.25) is 0 Å². The van der Waals surface area contributed by atoms with Crippen LogP contribution in [0.15, 0.2) is 5.16 Å². The van der Waals surface area contributed by atoms with Gasteiger partial charge in [-0.15, -0.1) is 0 Å². The topological polar surface area (TPSA) is 21.6 Å². The highest BCUT2D eigenvalue weighted by Crippen LogP contribution is 2.11. The molecular formula is C9H19NO. The molecule has 0 bridgehead atoms. The van der Waals surface area contributed by atoms with Crippen LogP contribution in [0.4, 0.5) is 0 Å². The molecule has 0 aliphatic heterocycles. The Balaban J connectivity index is 3.80. The molecule has 0 fully saturated rings. The van der Waals surface area contributed by atoms with Crippen LogP contribution in [0, 0.1) is 5.41 Å². The Morgan fingerprint density at radius 1 is 1.00 bits per heavy atom. The van der Waals surface area contributed by atoms with E-state index in [-0.39, 0.29) is 11.0 Å². The molecule has 11 heavy (non-hydrogen) atoms. The van der Waals surface area contributed by atoms with E-state index in [1.54, 1.807) is 0 Å². The van der Waals surface area contributed by atoms with Crippen LogP contribution in [-0.2, 0) is 4.84 Å². The van der Waals surface area contributed by atoms with Crippen molar-refractivity contribution in [1.29, 1.82) is 0 Å². The molecule has 2 nitrogen and oxygen atoms in total. The van der Waals surface area contributed by atoms with E-state index in [2.05, 4.69) is 25.9 Å². The van der Waals surface area contributed by atoms with E-state index >= 15 is 0 Å². The van der Waals surface area contributed by atoms with Crippen LogP contribution in [0.2, 0.25) is 0 Å². The summed E-state index contributed by atoms with van der Waals surface area (Å²) in [6.45, 7) is 12.2. The molecule has 0 aromatic heterocycles. The Hall–Kier alpha value is -0.530. The fourth-order valence-corrected chi connectivity index (χ4v) is 0.343. The van der Waals surface area contributed by atoms with E-state index in [4.69, 9.17) is 4.84 Å². The van der Waals surface area contributed by atoms with Gasteiger partial charge >= 0.3 is 0 Å². The van der Waals surface area contributed by atoms with E-state index in [1.165, 1.54) is 0 Å². The number of rotatable bonds is 1. The molecule has 0 aliphatic rings. The van der Waals surface area contributed by atoms with Gasteiger partial charge in [0.1, 0.15) is 5.60 Å². The maximum absolute atomic E-state index is 5.17. The number of hydrogen-bond donors (Lipinski definition) is 0. The van der Waals surface area contributed by atoms with Crippen molar-refractivity contribution in [3.8, 4) is 0 Å². The molecule has 0 aromatic carbocycles. The summed E-state index contributed by atoms with van der Waals surface area (Å²) in [6.07, 6.45) is 1.82. The van der Waals surface area contributed by atoms with E-state index in [1.807, 2.05) is 27.0 Å². The Bertz CT molecular complexity index is 137. The summed E-state index contributed by atoms with van der Waals surface area (Å²) < 4.78 is 0. The molecule has 0 aromatic rings. The minimum Gasteiger partial charge on any atom is -0.390 e. The standard InChI is InChI=1S/C9H19NO/c1-8(2,3)7-10-11-9(4,5)6/h7H,1-6H3/b10-7-. The maximum atomic E-state index is 5.17. The minimum atomic E-state index is -0.179. The van der Waals surface area contributed by atoms with Crippen molar-refractivity contribution >= 4 is 6.21 Å². The molecule has 0 radical (unpaired) electrons. The van der Waals surface area contributed by atoms with Crippen molar-refractivity contribution in [2.24, 2.45) is 10.6 Å². The zero-order valence-electron chi connectivity index (χ0n) is 8.43. The molecule has 0 amide bonds. The second-order valence-electron chi connectivity index (χ2n) is 4.80. The average Bonchev–Trinajstić information content (AvgIpc) is 1.55. The molecule has 0 saturated carbocycles. The zero-order valence-corrected chi connectivity index (χ0v) is 8.43. The Kier molecular flexibility index (Phi) is 3.09. The van der Waals surface area contributed by atoms with Gasteiger partial charge in [-0.05, 0) is 20.8 Å². The first-order chi connectivity index (χ1) is 4.71. The first kappa shape index (κ1) is 10.5. The molecule has 0 heterocycles. The lowest BCUT2D eigenvalue weighted by atomic mass is 9.99. The fourth-order valence-electron chi connectivity index (χ4n) is 0.343. The maximum Gasteiger partial charge on any atom is 0.129 e. The molecule has 66 valence electrons. The summed E-state index contributed by atoms with van der Waals surface area (Å²) in [5.41, 5.74) is -0.0764. The van der Waals surface area contributed by atoms with Crippen LogP contribution in [-0.4, -0.2) is 11.8 Å². The summed E-state index contributed by atoms with van der Waals surface area (Å²) in [6, 6.07) is 0. The molecule has 0 rings (SSSR count). The second-order valence-corrected chi connectivity index (χ2v) is 4.80. The number of nitrogens with zero attached hydrogens (tertiary/aromatic N) is 1. The van der Waals surface area contributed by atoms with Gasteiger partial charge in [-0.25, -0.2) is 0 Å². The molecule has 0 saturated heterocycles. The highest BCUT2D eigenvalue weighted by Gasteiger charge is 2.11. The lowest BCUT2D eigenvalue weighted by Gasteiger charge is -2.17. The van der Waals surface area contributed by atoms with Crippen LogP contribution in [0.3, 0.4) is 0 Å². The number of oxime groups is 1. The van der Waals surface area contributed by atoms with E-state index < -0.39 is 0 Å². The summed E-state index contributed by atoms with van der Waals surface area (Å²) in [5, 5.41) is 3.89. The Labute approximate surface area is 69.6 Å². The van der Waals surface area contributed by atoms with Crippen molar-refractivity contribution in [3.63, 3.8) is 0 Å². The normalized spacial score (nSPS) is 14.0. The third-order valence-corrected chi connectivity index (χ3v) is 0.767. The molecular weight excluding hydrogens is 138 g/mol. The average molecular weight is 157 g/mol. The van der Waals surface area contributed by atoms with E-state index in [9.17, 15) is 0 Å². The van der Waals surface area contributed by atoms with Crippen molar-refractivity contribution in [2.45, 2.75) is 47.1 Å². The fraction of sp³-hybridized carbons (Fsp3) is 0.889. The Morgan fingerprint density at radius 3 is 1.73 bits per heavy atom. The monoisotopic (exact) mass is 157 g/mol. The van der Waals surface area contributed by atoms with E-state index in [0.29, 0.717) is 0 Å². The van der Waals surface area contributed by atoms with Crippen molar-refractivity contribution < 1.29 is 4.84 Å². The summed E-state index contributed by atoms with van der Waals surface area (Å²) in [4.78, 5) is 5.17. The summed E-state index contributed by atoms with van der Waals surface area (Å²) >= 11 is 0. The lowest BCUT2D eigenvalue weighted by molar-refractivity contribution is 0.000757. The molecule has 0 N–H and O–H groups in total. The largest absolute Gasteiger partial charge is 0.390 e. The van der Waals surface area contributed by atoms with Crippen molar-refractivity contribution in [2.75, 3.05) is 0 Å². The predicted molar refractivity (Wildman–Crippen MR) is 48.8 cm³/mol. The number of hydrogen-bond acceptors (Lipinski definition) is 2. The third-order valence-electron chi connectivity index (χ3n) is 0.767. The third kappa shape index (κ3) is 9.47.